The van der Waals surface area contributed by atoms with Crippen LogP contribution in [0, 0.1) is 5.41 Å². The molecule has 1 aromatic rings. The number of carboxylic acid groups (broad SMARTS) is 1. The molecule has 0 spiro atoms. The van der Waals surface area contributed by atoms with E-state index in [4.69, 9.17) is 5.11 Å². The fourth-order valence-electron chi connectivity index (χ4n) is 1.77. The van der Waals surface area contributed by atoms with E-state index in [1.54, 1.807) is 24.3 Å². The molecule has 6 heteroatoms. The van der Waals surface area contributed by atoms with Gasteiger partial charge in [-0.15, -0.1) is 0 Å². The molecular formula is C17H24N2O4. The fraction of sp³-hybridized carbons (Fsp3) is 0.471. The lowest BCUT2D eigenvalue weighted by atomic mass is 9.95. The Morgan fingerprint density at radius 3 is 2.17 bits per heavy atom. The van der Waals surface area contributed by atoms with Gasteiger partial charge in [0.15, 0.2) is 0 Å². The Balaban J connectivity index is 2.45. The zero-order chi connectivity index (χ0) is 17.5. The Hall–Kier alpha value is -2.37. The van der Waals surface area contributed by atoms with Gasteiger partial charge in [-0.05, 0) is 24.1 Å². The van der Waals surface area contributed by atoms with Crippen LogP contribution in [0.3, 0.4) is 0 Å². The molecular weight excluding hydrogens is 296 g/mol. The second-order valence-electron chi connectivity index (χ2n) is 6.38. The average molecular weight is 320 g/mol. The Labute approximate surface area is 136 Å². The summed E-state index contributed by atoms with van der Waals surface area (Å²) in [7, 11) is 0. The van der Waals surface area contributed by atoms with E-state index in [2.05, 4.69) is 10.6 Å². The van der Waals surface area contributed by atoms with Gasteiger partial charge >= 0.3 is 5.97 Å². The quantitative estimate of drug-likeness (QED) is 0.669. The molecule has 0 fully saturated rings. The third kappa shape index (κ3) is 6.95. The van der Waals surface area contributed by atoms with Crippen molar-refractivity contribution in [3.8, 4) is 0 Å². The summed E-state index contributed by atoms with van der Waals surface area (Å²) in [5, 5.41) is 14.0. The van der Waals surface area contributed by atoms with E-state index in [9.17, 15) is 14.4 Å². The number of nitrogens with one attached hydrogen (secondary N) is 2. The van der Waals surface area contributed by atoms with E-state index in [0.29, 0.717) is 25.1 Å². The molecule has 126 valence electrons. The molecule has 0 saturated heterocycles. The monoisotopic (exact) mass is 320 g/mol. The third-order valence-corrected chi connectivity index (χ3v) is 3.20. The van der Waals surface area contributed by atoms with Gasteiger partial charge in [-0.2, -0.15) is 0 Å². The van der Waals surface area contributed by atoms with Crippen LogP contribution in [-0.2, 0) is 16.1 Å². The lowest BCUT2D eigenvalue weighted by molar-refractivity contribution is -0.137. The second kappa shape index (κ2) is 8.31. The lowest BCUT2D eigenvalue weighted by Crippen LogP contribution is -2.34. The van der Waals surface area contributed by atoms with Crippen molar-refractivity contribution >= 4 is 17.8 Å². The molecule has 1 rings (SSSR count). The molecule has 1 aromatic carbocycles. The van der Waals surface area contributed by atoms with E-state index in [1.807, 2.05) is 20.8 Å². The van der Waals surface area contributed by atoms with Crippen molar-refractivity contribution in [3.63, 3.8) is 0 Å². The van der Waals surface area contributed by atoms with E-state index >= 15 is 0 Å². The molecule has 3 N–H and O–H groups in total. The first-order valence-electron chi connectivity index (χ1n) is 7.57. The minimum absolute atomic E-state index is 0.0299. The Bertz CT molecular complexity index is 559. The van der Waals surface area contributed by atoms with Crippen LogP contribution in [0.5, 0.6) is 0 Å². The third-order valence-electron chi connectivity index (χ3n) is 3.20. The summed E-state index contributed by atoms with van der Waals surface area (Å²) in [6.07, 6.45) is 0.435. The normalized spacial score (nSPS) is 10.9. The largest absolute Gasteiger partial charge is 0.481 e. The van der Waals surface area contributed by atoms with Gasteiger partial charge in [-0.25, -0.2) is 0 Å². The maximum absolute atomic E-state index is 11.9. The van der Waals surface area contributed by atoms with Crippen LogP contribution in [0.2, 0.25) is 0 Å². The van der Waals surface area contributed by atoms with Gasteiger partial charge in [0.25, 0.3) is 5.91 Å². The van der Waals surface area contributed by atoms with Crippen LogP contribution < -0.4 is 10.6 Å². The first-order chi connectivity index (χ1) is 10.7. The van der Waals surface area contributed by atoms with Crippen molar-refractivity contribution in [2.75, 3.05) is 6.54 Å². The highest BCUT2D eigenvalue weighted by molar-refractivity contribution is 5.94. The maximum Gasteiger partial charge on any atom is 0.303 e. The van der Waals surface area contributed by atoms with Crippen molar-refractivity contribution in [3.05, 3.63) is 35.4 Å². The number of hydrogen-bond acceptors (Lipinski definition) is 3. The number of carbonyl (C=O) groups is 3. The zero-order valence-electron chi connectivity index (χ0n) is 13.8. The standard InChI is InChI=1S/C17H24N2O4/c1-17(2,3)16(23)19-11-12-6-8-13(9-7-12)15(22)18-10-4-5-14(20)21/h6-9H,4-5,10-11H2,1-3H3,(H,18,22)(H,19,23)(H,20,21). The van der Waals surface area contributed by atoms with Crippen LogP contribution in [0.1, 0.15) is 49.5 Å². The molecule has 0 atom stereocenters. The van der Waals surface area contributed by atoms with E-state index in [0.717, 1.165) is 5.56 Å². The SMILES string of the molecule is CC(C)(C)C(=O)NCc1ccc(C(=O)NCCCC(=O)O)cc1. The number of benzene rings is 1. The Kier molecular flexibility index (Phi) is 6.75. The van der Waals surface area contributed by atoms with Crippen molar-refractivity contribution in [2.24, 2.45) is 5.41 Å². The predicted molar refractivity (Wildman–Crippen MR) is 86.9 cm³/mol. The van der Waals surface area contributed by atoms with Gasteiger partial charge in [-0.3, -0.25) is 14.4 Å². The van der Waals surface area contributed by atoms with Crippen LogP contribution in [0.4, 0.5) is 0 Å². The molecule has 0 aliphatic heterocycles. The molecule has 0 unspecified atom stereocenters. The minimum atomic E-state index is -0.874. The molecule has 6 nitrogen and oxygen atoms in total. The summed E-state index contributed by atoms with van der Waals surface area (Å²) >= 11 is 0. The highest BCUT2D eigenvalue weighted by Crippen LogP contribution is 2.13. The topological polar surface area (TPSA) is 95.5 Å². The van der Waals surface area contributed by atoms with Gasteiger partial charge < -0.3 is 15.7 Å². The Morgan fingerprint density at radius 2 is 1.65 bits per heavy atom. The molecule has 0 aliphatic rings. The first kappa shape index (κ1) is 18.7. The molecule has 0 bridgehead atoms. The number of rotatable bonds is 7. The predicted octanol–water partition coefficient (Wildman–Crippen LogP) is 1.94. The summed E-state index contributed by atoms with van der Waals surface area (Å²) in [6, 6.07) is 6.94. The molecule has 23 heavy (non-hydrogen) atoms. The van der Waals surface area contributed by atoms with Crippen LogP contribution in [0.25, 0.3) is 0 Å². The van der Waals surface area contributed by atoms with Crippen LogP contribution >= 0.6 is 0 Å². The molecule has 0 heterocycles. The highest BCUT2D eigenvalue weighted by atomic mass is 16.4. The molecule has 0 radical (unpaired) electrons. The number of amides is 2. The fourth-order valence-corrected chi connectivity index (χ4v) is 1.77. The number of hydrogen-bond donors (Lipinski definition) is 3. The van der Waals surface area contributed by atoms with Crippen molar-refractivity contribution in [1.82, 2.24) is 10.6 Å². The number of aliphatic carboxylic acids is 1. The molecule has 0 saturated carbocycles. The molecule has 2 amide bonds. The van der Waals surface area contributed by atoms with Crippen molar-refractivity contribution in [1.29, 1.82) is 0 Å². The lowest BCUT2D eigenvalue weighted by Gasteiger charge is -2.17. The average Bonchev–Trinajstić information content (AvgIpc) is 2.48. The smallest absolute Gasteiger partial charge is 0.303 e. The highest BCUT2D eigenvalue weighted by Gasteiger charge is 2.20. The van der Waals surface area contributed by atoms with Gasteiger partial charge in [0, 0.05) is 30.5 Å². The number of carbonyl (C=O) groups excluding carboxylic acids is 2. The van der Waals surface area contributed by atoms with Gasteiger partial charge in [-0.1, -0.05) is 32.9 Å². The maximum atomic E-state index is 11.9. The van der Waals surface area contributed by atoms with E-state index in [1.165, 1.54) is 0 Å². The van der Waals surface area contributed by atoms with Crippen LogP contribution in [-0.4, -0.2) is 29.4 Å². The van der Waals surface area contributed by atoms with Gasteiger partial charge in [0.1, 0.15) is 0 Å². The van der Waals surface area contributed by atoms with E-state index in [-0.39, 0.29) is 18.2 Å². The second-order valence-corrected chi connectivity index (χ2v) is 6.38. The Morgan fingerprint density at radius 1 is 1.04 bits per heavy atom. The summed E-state index contributed by atoms with van der Waals surface area (Å²) < 4.78 is 0. The first-order valence-corrected chi connectivity index (χ1v) is 7.57. The molecule has 0 aromatic heterocycles. The van der Waals surface area contributed by atoms with Gasteiger partial charge in [0.05, 0.1) is 0 Å². The van der Waals surface area contributed by atoms with Crippen molar-refractivity contribution < 1.29 is 19.5 Å². The summed E-state index contributed by atoms with van der Waals surface area (Å²) in [5.74, 6) is -1.14. The van der Waals surface area contributed by atoms with Gasteiger partial charge in [0.2, 0.25) is 5.91 Å². The number of carboxylic acids is 1. The van der Waals surface area contributed by atoms with Crippen LogP contribution in [0.15, 0.2) is 24.3 Å². The van der Waals surface area contributed by atoms with Crippen molar-refractivity contribution in [2.45, 2.75) is 40.2 Å². The summed E-state index contributed by atoms with van der Waals surface area (Å²) in [4.78, 5) is 34.0. The minimum Gasteiger partial charge on any atom is -0.481 e. The summed E-state index contributed by atoms with van der Waals surface area (Å²) in [5.41, 5.74) is 0.978. The summed E-state index contributed by atoms with van der Waals surface area (Å²) in [6.45, 7) is 6.28. The zero-order valence-corrected chi connectivity index (χ0v) is 13.8. The molecule has 0 aliphatic carbocycles. The van der Waals surface area contributed by atoms with E-state index < -0.39 is 11.4 Å².